The van der Waals surface area contributed by atoms with Gasteiger partial charge in [0.15, 0.2) is 0 Å². The Bertz CT molecular complexity index is 241. The second-order valence-electron chi connectivity index (χ2n) is 3.37. The average Bonchev–Trinajstić information content (AvgIpc) is 2.31. The first-order valence-electron chi connectivity index (χ1n) is 5.29. The summed E-state index contributed by atoms with van der Waals surface area (Å²) in [6.45, 7) is 4.31. The molecule has 5 nitrogen and oxygen atoms in total. The van der Waals surface area contributed by atoms with E-state index in [1.165, 1.54) is 0 Å². The van der Waals surface area contributed by atoms with Crippen LogP contribution in [0.1, 0.15) is 19.3 Å². The van der Waals surface area contributed by atoms with E-state index in [1.807, 2.05) is 0 Å². The number of nitrogens with zero attached hydrogens (tertiary/aromatic N) is 3. The molecule has 0 aromatic heterocycles. The van der Waals surface area contributed by atoms with Crippen molar-refractivity contribution >= 4 is 11.8 Å². The predicted molar refractivity (Wildman–Crippen MR) is 69.3 cm³/mol. The molecule has 6 heteroatoms. The molecule has 2 N–H and O–H groups in total. The van der Waals surface area contributed by atoms with Gasteiger partial charge in [0.2, 0.25) is 0 Å². The SMILES string of the molecule is C=C(OC)C(N)CSCCCCCN=[N+]=[N-]. The van der Waals surface area contributed by atoms with Crippen molar-refractivity contribution in [1.29, 1.82) is 0 Å². The van der Waals surface area contributed by atoms with Crippen molar-refractivity contribution in [3.05, 3.63) is 22.8 Å². The lowest BCUT2D eigenvalue weighted by Gasteiger charge is -2.12. The lowest BCUT2D eigenvalue weighted by molar-refractivity contribution is 0.272. The number of azide groups is 1. The summed E-state index contributed by atoms with van der Waals surface area (Å²) in [6.07, 6.45) is 3.17. The zero-order chi connectivity index (χ0) is 12.2. The minimum absolute atomic E-state index is 0.0850. The minimum atomic E-state index is -0.0850. The number of thioether (sulfide) groups is 1. The van der Waals surface area contributed by atoms with E-state index in [-0.39, 0.29) is 6.04 Å². The minimum Gasteiger partial charge on any atom is -0.500 e. The molecule has 1 atom stereocenters. The van der Waals surface area contributed by atoms with Crippen molar-refractivity contribution < 1.29 is 4.74 Å². The average molecular weight is 244 g/mol. The van der Waals surface area contributed by atoms with Crippen LogP contribution >= 0.6 is 11.8 Å². The highest BCUT2D eigenvalue weighted by atomic mass is 32.2. The van der Waals surface area contributed by atoms with Gasteiger partial charge in [-0.1, -0.05) is 18.1 Å². The molecule has 0 aliphatic heterocycles. The van der Waals surface area contributed by atoms with Gasteiger partial charge in [-0.3, -0.25) is 0 Å². The molecule has 0 saturated carbocycles. The van der Waals surface area contributed by atoms with Crippen LogP contribution in [0.25, 0.3) is 10.4 Å². The molecule has 0 aromatic carbocycles. The Balaban J connectivity index is 3.26. The van der Waals surface area contributed by atoms with Crippen molar-refractivity contribution in [1.82, 2.24) is 0 Å². The molecule has 0 rings (SSSR count). The molecule has 1 unspecified atom stereocenters. The van der Waals surface area contributed by atoms with Gasteiger partial charge in [0, 0.05) is 17.2 Å². The summed E-state index contributed by atoms with van der Waals surface area (Å²) in [5, 5.41) is 3.48. The maximum absolute atomic E-state index is 8.06. The zero-order valence-corrected chi connectivity index (χ0v) is 10.6. The lowest BCUT2D eigenvalue weighted by atomic mass is 10.2. The molecule has 0 amide bonds. The van der Waals surface area contributed by atoms with Gasteiger partial charge in [-0.25, -0.2) is 0 Å². The number of rotatable bonds is 10. The Morgan fingerprint density at radius 3 is 2.94 bits per heavy atom. The van der Waals surface area contributed by atoms with Gasteiger partial charge in [-0.05, 0) is 24.1 Å². The topological polar surface area (TPSA) is 84.0 Å². The maximum Gasteiger partial charge on any atom is 0.106 e. The Morgan fingerprint density at radius 2 is 2.31 bits per heavy atom. The molecule has 0 fully saturated rings. The summed E-state index contributed by atoms with van der Waals surface area (Å²) in [5.74, 6) is 2.54. The van der Waals surface area contributed by atoms with Crippen LogP contribution in [-0.2, 0) is 4.74 Å². The normalized spacial score (nSPS) is 11.6. The summed E-state index contributed by atoms with van der Waals surface area (Å²) >= 11 is 1.80. The van der Waals surface area contributed by atoms with E-state index in [0.717, 1.165) is 30.8 Å². The van der Waals surface area contributed by atoms with Crippen molar-refractivity contribution in [2.45, 2.75) is 25.3 Å². The Labute approximate surface area is 101 Å². The number of hydrogen-bond donors (Lipinski definition) is 1. The number of hydrogen-bond acceptors (Lipinski definition) is 4. The van der Waals surface area contributed by atoms with E-state index >= 15 is 0 Å². The summed E-state index contributed by atoms with van der Waals surface area (Å²) < 4.78 is 4.96. The Hall–Kier alpha value is -0.840. The monoisotopic (exact) mass is 244 g/mol. The van der Waals surface area contributed by atoms with Gasteiger partial charge in [-0.15, -0.1) is 0 Å². The van der Waals surface area contributed by atoms with Gasteiger partial charge in [0.25, 0.3) is 0 Å². The van der Waals surface area contributed by atoms with E-state index in [4.69, 9.17) is 16.0 Å². The number of unbranched alkanes of at least 4 members (excludes halogenated alkanes) is 2. The summed E-state index contributed by atoms with van der Waals surface area (Å²) in [6, 6.07) is -0.0850. The molecule has 0 spiro atoms. The summed E-state index contributed by atoms with van der Waals surface area (Å²) in [5.41, 5.74) is 13.9. The van der Waals surface area contributed by atoms with Crippen molar-refractivity contribution in [3.8, 4) is 0 Å². The smallest absolute Gasteiger partial charge is 0.106 e. The van der Waals surface area contributed by atoms with Crippen molar-refractivity contribution in [3.63, 3.8) is 0 Å². The zero-order valence-electron chi connectivity index (χ0n) is 9.76. The first-order valence-corrected chi connectivity index (χ1v) is 6.44. The molecule has 0 aliphatic carbocycles. The number of ether oxygens (including phenoxy) is 1. The van der Waals surface area contributed by atoms with Gasteiger partial charge in [-0.2, -0.15) is 11.8 Å². The van der Waals surface area contributed by atoms with Crippen LogP contribution in [0, 0.1) is 0 Å². The van der Waals surface area contributed by atoms with E-state index in [1.54, 1.807) is 18.9 Å². The number of nitrogens with two attached hydrogens (primary N) is 1. The molecule has 0 aliphatic rings. The third-order valence-corrected chi connectivity index (χ3v) is 3.26. The fraction of sp³-hybridized carbons (Fsp3) is 0.800. The molecule has 0 radical (unpaired) electrons. The summed E-state index contributed by atoms with van der Waals surface area (Å²) in [4.78, 5) is 2.70. The van der Waals surface area contributed by atoms with E-state index in [2.05, 4.69) is 16.6 Å². The van der Waals surface area contributed by atoms with Crippen LogP contribution in [0.15, 0.2) is 17.5 Å². The fourth-order valence-electron chi connectivity index (χ4n) is 1.06. The molecular weight excluding hydrogens is 224 g/mol. The first-order chi connectivity index (χ1) is 7.72. The molecule has 92 valence electrons. The van der Waals surface area contributed by atoms with Gasteiger partial charge in [0.05, 0.1) is 13.2 Å². The van der Waals surface area contributed by atoms with Crippen molar-refractivity contribution in [2.24, 2.45) is 10.8 Å². The standard InChI is InChI=1S/C10H20N4OS/c1-9(15-2)10(11)8-16-7-5-3-4-6-13-14-12/h10H,1,3-8,11H2,2H3. The van der Waals surface area contributed by atoms with Crippen LogP contribution in [0.2, 0.25) is 0 Å². The van der Waals surface area contributed by atoms with Crippen LogP contribution in [0.3, 0.4) is 0 Å². The van der Waals surface area contributed by atoms with Gasteiger partial charge >= 0.3 is 0 Å². The molecule has 0 heterocycles. The molecule has 0 bridgehead atoms. The maximum atomic E-state index is 8.06. The highest BCUT2D eigenvalue weighted by Crippen LogP contribution is 2.10. The largest absolute Gasteiger partial charge is 0.500 e. The lowest BCUT2D eigenvalue weighted by Crippen LogP contribution is -2.25. The Kier molecular flexibility index (Phi) is 10.1. The molecule has 16 heavy (non-hydrogen) atoms. The molecule has 0 aromatic rings. The predicted octanol–water partition coefficient (Wildman–Crippen LogP) is 2.69. The quantitative estimate of drug-likeness (QED) is 0.211. The molecular formula is C10H20N4OS. The van der Waals surface area contributed by atoms with Gasteiger partial charge < -0.3 is 10.5 Å². The van der Waals surface area contributed by atoms with E-state index < -0.39 is 0 Å². The highest BCUT2D eigenvalue weighted by molar-refractivity contribution is 7.99. The molecule has 0 saturated heterocycles. The first kappa shape index (κ1) is 15.2. The van der Waals surface area contributed by atoms with Crippen LogP contribution in [0.5, 0.6) is 0 Å². The Morgan fingerprint density at radius 1 is 1.56 bits per heavy atom. The van der Waals surface area contributed by atoms with Gasteiger partial charge in [0.1, 0.15) is 5.76 Å². The third kappa shape index (κ3) is 8.47. The second kappa shape index (κ2) is 10.7. The second-order valence-corrected chi connectivity index (χ2v) is 4.52. The van der Waals surface area contributed by atoms with E-state index in [0.29, 0.717) is 12.3 Å². The highest BCUT2D eigenvalue weighted by Gasteiger charge is 2.06. The van der Waals surface area contributed by atoms with Crippen molar-refractivity contribution in [2.75, 3.05) is 25.2 Å². The van der Waals surface area contributed by atoms with Crippen LogP contribution in [-0.4, -0.2) is 31.2 Å². The number of methoxy groups -OCH3 is 1. The van der Waals surface area contributed by atoms with Crippen LogP contribution < -0.4 is 5.73 Å². The van der Waals surface area contributed by atoms with Crippen LogP contribution in [0.4, 0.5) is 0 Å². The van der Waals surface area contributed by atoms with E-state index in [9.17, 15) is 0 Å². The third-order valence-electron chi connectivity index (χ3n) is 2.08. The summed E-state index contributed by atoms with van der Waals surface area (Å²) in [7, 11) is 1.59. The fourth-order valence-corrected chi connectivity index (χ4v) is 2.08.